The molecule has 2 aromatic heterocycles. The molecular weight excluding hydrogens is 356 g/mol. The highest BCUT2D eigenvalue weighted by atomic mass is 16.6. The Hall–Kier alpha value is -2.84. The van der Waals surface area contributed by atoms with Crippen molar-refractivity contribution in [3.8, 4) is 0 Å². The fourth-order valence-electron chi connectivity index (χ4n) is 3.20. The molecule has 0 bridgehead atoms. The number of aromatic nitrogens is 6. The molecule has 0 fully saturated rings. The third kappa shape index (κ3) is 3.48. The monoisotopic (exact) mass is 380 g/mol. The standard InChI is InChI=1S/C20H24N6O2/c1-13(2)27-19(25-17-11-7-5-9-15(17)21-23-25)20(28-14(3)4)26-18-12-8-6-10-16(18)22-24-26/h5-14,19-20H,1-4H3. The molecule has 8 nitrogen and oxygen atoms in total. The van der Waals surface area contributed by atoms with Gasteiger partial charge in [-0.2, -0.15) is 0 Å². The minimum absolute atomic E-state index is 0.0546. The summed E-state index contributed by atoms with van der Waals surface area (Å²) in [6, 6.07) is 15.6. The van der Waals surface area contributed by atoms with Crippen molar-refractivity contribution >= 4 is 22.1 Å². The van der Waals surface area contributed by atoms with Gasteiger partial charge in [0.15, 0.2) is 12.5 Å². The van der Waals surface area contributed by atoms with Crippen LogP contribution in [0.4, 0.5) is 0 Å². The summed E-state index contributed by atoms with van der Waals surface area (Å²) < 4.78 is 16.1. The van der Waals surface area contributed by atoms with Crippen molar-refractivity contribution in [3.05, 3.63) is 48.5 Å². The zero-order chi connectivity index (χ0) is 19.7. The Morgan fingerprint density at radius 1 is 0.643 bits per heavy atom. The second-order valence-electron chi connectivity index (χ2n) is 7.20. The van der Waals surface area contributed by atoms with E-state index in [0.29, 0.717) is 0 Å². The summed E-state index contributed by atoms with van der Waals surface area (Å²) >= 11 is 0. The fraction of sp³-hybridized carbons (Fsp3) is 0.400. The van der Waals surface area contributed by atoms with Gasteiger partial charge in [0.25, 0.3) is 0 Å². The van der Waals surface area contributed by atoms with E-state index in [-0.39, 0.29) is 12.2 Å². The Labute approximate surface area is 163 Å². The maximum absolute atomic E-state index is 6.29. The maximum Gasteiger partial charge on any atom is 0.199 e. The molecule has 0 aliphatic carbocycles. The van der Waals surface area contributed by atoms with Gasteiger partial charge in [-0.15, -0.1) is 10.2 Å². The van der Waals surface area contributed by atoms with E-state index in [1.807, 2.05) is 76.2 Å². The first-order valence-corrected chi connectivity index (χ1v) is 9.45. The predicted molar refractivity (Wildman–Crippen MR) is 106 cm³/mol. The van der Waals surface area contributed by atoms with E-state index < -0.39 is 12.5 Å². The molecule has 8 heteroatoms. The summed E-state index contributed by atoms with van der Waals surface area (Å²) in [6.45, 7) is 7.94. The van der Waals surface area contributed by atoms with Gasteiger partial charge in [-0.1, -0.05) is 34.7 Å². The third-order valence-electron chi connectivity index (χ3n) is 4.30. The molecule has 4 rings (SSSR count). The van der Waals surface area contributed by atoms with E-state index in [1.54, 1.807) is 9.36 Å². The van der Waals surface area contributed by atoms with Crippen molar-refractivity contribution in [2.24, 2.45) is 0 Å². The maximum atomic E-state index is 6.29. The van der Waals surface area contributed by atoms with E-state index >= 15 is 0 Å². The number of hydrogen-bond donors (Lipinski definition) is 0. The molecule has 2 unspecified atom stereocenters. The Morgan fingerprint density at radius 3 is 1.43 bits per heavy atom. The summed E-state index contributed by atoms with van der Waals surface area (Å²) in [5, 5.41) is 17.3. The van der Waals surface area contributed by atoms with Crippen LogP contribution in [0.25, 0.3) is 22.1 Å². The quantitative estimate of drug-likeness (QED) is 0.486. The molecule has 0 radical (unpaired) electrons. The van der Waals surface area contributed by atoms with E-state index in [2.05, 4.69) is 20.6 Å². The average Bonchev–Trinajstić information content (AvgIpc) is 3.28. The molecule has 0 aliphatic rings. The SMILES string of the molecule is CC(C)OC(C(OC(C)C)n1nnc2ccccc21)n1nnc2ccccc21. The molecule has 2 atom stereocenters. The van der Waals surface area contributed by atoms with E-state index in [4.69, 9.17) is 9.47 Å². The van der Waals surface area contributed by atoms with Crippen LogP contribution < -0.4 is 0 Å². The Kier molecular flexibility index (Phi) is 5.06. The lowest BCUT2D eigenvalue weighted by Gasteiger charge is -2.30. The Morgan fingerprint density at radius 2 is 1.04 bits per heavy atom. The van der Waals surface area contributed by atoms with Crippen molar-refractivity contribution in [1.29, 1.82) is 0 Å². The summed E-state index contributed by atoms with van der Waals surface area (Å²) in [7, 11) is 0. The van der Waals surface area contributed by atoms with Gasteiger partial charge in [0.2, 0.25) is 0 Å². The molecule has 2 heterocycles. The Bertz CT molecular complexity index is 985. The number of ether oxygens (including phenoxy) is 2. The highest BCUT2D eigenvalue weighted by molar-refractivity contribution is 5.75. The largest absolute Gasteiger partial charge is 0.349 e. The minimum Gasteiger partial charge on any atom is -0.349 e. The molecule has 0 N–H and O–H groups in total. The highest BCUT2D eigenvalue weighted by Gasteiger charge is 2.32. The number of para-hydroxylation sites is 2. The molecule has 0 saturated heterocycles. The van der Waals surface area contributed by atoms with Crippen LogP contribution in [0.3, 0.4) is 0 Å². The van der Waals surface area contributed by atoms with Crippen molar-refractivity contribution in [1.82, 2.24) is 30.0 Å². The summed E-state index contributed by atoms with van der Waals surface area (Å²) in [6.07, 6.45) is -1.25. The van der Waals surface area contributed by atoms with Crippen LogP contribution in [-0.2, 0) is 9.47 Å². The van der Waals surface area contributed by atoms with Gasteiger partial charge in [0.1, 0.15) is 11.0 Å². The van der Waals surface area contributed by atoms with Crippen LogP contribution in [0.15, 0.2) is 48.5 Å². The second-order valence-corrected chi connectivity index (χ2v) is 7.20. The molecule has 146 valence electrons. The van der Waals surface area contributed by atoms with E-state index in [9.17, 15) is 0 Å². The summed E-state index contributed by atoms with van der Waals surface area (Å²) in [5.41, 5.74) is 3.34. The van der Waals surface area contributed by atoms with Crippen LogP contribution in [0.5, 0.6) is 0 Å². The number of fused-ring (bicyclic) bond motifs is 2. The van der Waals surface area contributed by atoms with Crippen LogP contribution in [0.1, 0.15) is 40.2 Å². The topological polar surface area (TPSA) is 79.9 Å². The number of rotatable bonds is 7. The summed E-state index contributed by atoms with van der Waals surface area (Å²) in [4.78, 5) is 0. The first-order valence-electron chi connectivity index (χ1n) is 9.45. The van der Waals surface area contributed by atoms with Crippen molar-refractivity contribution in [2.75, 3.05) is 0 Å². The summed E-state index contributed by atoms with van der Waals surface area (Å²) in [5.74, 6) is 0. The van der Waals surface area contributed by atoms with Crippen LogP contribution >= 0.6 is 0 Å². The van der Waals surface area contributed by atoms with Crippen LogP contribution in [0, 0.1) is 0 Å². The predicted octanol–water partition coefficient (Wildman–Crippen LogP) is 3.72. The molecule has 0 amide bonds. The average molecular weight is 380 g/mol. The lowest BCUT2D eigenvalue weighted by atomic mass is 10.3. The molecule has 0 spiro atoms. The molecule has 0 aliphatic heterocycles. The highest BCUT2D eigenvalue weighted by Crippen LogP contribution is 2.32. The van der Waals surface area contributed by atoms with Crippen LogP contribution in [0.2, 0.25) is 0 Å². The molecule has 0 saturated carbocycles. The van der Waals surface area contributed by atoms with Gasteiger partial charge >= 0.3 is 0 Å². The van der Waals surface area contributed by atoms with Crippen molar-refractivity contribution in [3.63, 3.8) is 0 Å². The number of benzene rings is 2. The zero-order valence-electron chi connectivity index (χ0n) is 16.4. The minimum atomic E-state index is -0.570. The zero-order valence-corrected chi connectivity index (χ0v) is 16.4. The Balaban J connectivity index is 1.87. The van der Waals surface area contributed by atoms with E-state index in [1.165, 1.54) is 0 Å². The van der Waals surface area contributed by atoms with Gasteiger partial charge in [-0.3, -0.25) is 0 Å². The normalized spacial score (nSPS) is 14.4. The second kappa shape index (κ2) is 7.65. The van der Waals surface area contributed by atoms with Gasteiger partial charge in [0, 0.05) is 0 Å². The lowest BCUT2D eigenvalue weighted by Crippen LogP contribution is -2.32. The smallest absolute Gasteiger partial charge is 0.199 e. The van der Waals surface area contributed by atoms with Gasteiger partial charge < -0.3 is 9.47 Å². The van der Waals surface area contributed by atoms with Gasteiger partial charge in [-0.25, -0.2) is 9.36 Å². The van der Waals surface area contributed by atoms with Crippen molar-refractivity contribution in [2.45, 2.75) is 52.4 Å². The first kappa shape index (κ1) is 18.5. The van der Waals surface area contributed by atoms with Gasteiger partial charge in [0.05, 0.1) is 23.2 Å². The first-order chi connectivity index (χ1) is 13.5. The molecule has 4 aromatic rings. The molecule has 2 aromatic carbocycles. The van der Waals surface area contributed by atoms with Crippen LogP contribution in [-0.4, -0.2) is 42.2 Å². The lowest BCUT2D eigenvalue weighted by molar-refractivity contribution is -0.181. The third-order valence-corrected chi connectivity index (χ3v) is 4.30. The molecule has 28 heavy (non-hydrogen) atoms. The van der Waals surface area contributed by atoms with E-state index in [0.717, 1.165) is 22.1 Å². The number of hydrogen-bond acceptors (Lipinski definition) is 6. The van der Waals surface area contributed by atoms with Crippen molar-refractivity contribution < 1.29 is 9.47 Å². The van der Waals surface area contributed by atoms with Gasteiger partial charge in [-0.05, 0) is 52.0 Å². The fourth-order valence-corrected chi connectivity index (χ4v) is 3.20. The molecular formula is C20H24N6O2. The number of nitrogens with zero attached hydrogens (tertiary/aromatic N) is 6.